The standard InChI is InChI=1S/C19H30N2O/c1-2-18-14-16(9-13-22-18)15-21-12-5-3-4-6-19(21)17-7-10-20-11-8-17/h7-8,10-11,16,18-19H,2-6,9,12-15H2,1H3/t16-,18-,19-/m1/s1. The summed E-state index contributed by atoms with van der Waals surface area (Å²) in [6.45, 7) is 5.70. The summed E-state index contributed by atoms with van der Waals surface area (Å²) in [5.41, 5.74) is 1.45. The number of hydrogen-bond donors (Lipinski definition) is 0. The highest BCUT2D eigenvalue weighted by Gasteiger charge is 2.28. The van der Waals surface area contributed by atoms with Gasteiger partial charge in [0, 0.05) is 31.6 Å². The van der Waals surface area contributed by atoms with Crippen LogP contribution in [0.3, 0.4) is 0 Å². The molecule has 0 unspecified atom stereocenters. The van der Waals surface area contributed by atoms with Gasteiger partial charge in [-0.25, -0.2) is 0 Å². The van der Waals surface area contributed by atoms with Gasteiger partial charge in [0.1, 0.15) is 0 Å². The molecule has 0 bridgehead atoms. The molecule has 2 saturated heterocycles. The molecule has 0 aromatic carbocycles. The molecule has 3 heterocycles. The quantitative estimate of drug-likeness (QED) is 0.833. The van der Waals surface area contributed by atoms with E-state index in [4.69, 9.17) is 4.74 Å². The van der Waals surface area contributed by atoms with Crippen LogP contribution < -0.4 is 0 Å². The molecule has 3 nitrogen and oxygen atoms in total. The summed E-state index contributed by atoms with van der Waals surface area (Å²) in [5, 5.41) is 0. The minimum Gasteiger partial charge on any atom is -0.378 e. The third kappa shape index (κ3) is 4.08. The average molecular weight is 302 g/mol. The van der Waals surface area contributed by atoms with Gasteiger partial charge in [0.2, 0.25) is 0 Å². The number of likely N-dealkylation sites (tertiary alicyclic amines) is 1. The zero-order valence-electron chi connectivity index (χ0n) is 13.9. The molecule has 1 aromatic heterocycles. The molecule has 3 atom stereocenters. The van der Waals surface area contributed by atoms with Gasteiger partial charge in [-0.15, -0.1) is 0 Å². The lowest BCUT2D eigenvalue weighted by Crippen LogP contribution is -2.37. The van der Waals surface area contributed by atoms with Crippen LogP contribution in [0.15, 0.2) is 24.5 Å². The fourth-order valence-electron chi connectivity index (χ4n) is 4.09. The van der Waals surface area contributed by atoms with Gasteiger partial charge in [0.25, 0.3) is 0 Å². The van der Waals surface area contributed by atoms with Crippen molar-refractivity contribution in [1.29, 1.82) is 0 Å². The third-order valence-electron chi connectivity index (χ3n) is 5.38. The summed E-state index contributed by atoms with van der Waals surface area (Å²) >= 11 is 0. The lowest BCUT2D eigenvalue weighted by atomic mass is 9.92. The Hall–Kier alpha value is -0.930. The Labute approximate surface area is 135 Å². The average Bonchev–Trinajstić information content (AvgIpc) is 2.81. The normalized spacial score (nSPS) is 30.9. The third-order valence-corrected chi connectivity index (χ3v) is 5.38. The van der Waals surface area contributed by atoms with Gasteiger partial charge in [-0.2, -0.15) is 0 Å². The Kier molecular flexibility index (Phi) is 5.85. The van der Waals surface area contributed by atoms with Crippen molar-refractivity contribution in [2.75, 3.05) is 19.7 Å². The fourth-order valence-corrected chi connectivity index (χ4v) is 4.09. The number of pyridine rings is 1. The summed E-state index contributed by atoms with van der Waals surface area (Å²) in [5.74, 6) is 0.807. The van der Waals surface area contributed by atoms with Gasteiger partial charge in [0.15, 0.2) is 0 Å². The molecule has 0 saturated carbocycles. The summed E-state index contributed by atoms with van der Waals surface area (Å²) in [7, 11) is 0. The van der Waals surface area contributed by atoms with Crippen molar-refractivity contribution in [1.82, 2.24) is 9.88 Å². The van der Waals surface area contributed by atoms with Gasteiger partial charge in [0.05, 0.1) is 6.10 Å². The summed E-state index contributed by atoms with van der Waals surface area (Å²) < 4.78 is 5.86. The van der Waals surface area contributed by atoms with E-state index in [1.165, 1.54) is 57.2 Å². The highest BCUT2D eigenvalue weighted by Crippen LogP contribution is 2.32. The highest BCUT2D eigenvalue weighted by molar-refractivity contribution is 5.15. The molecule has 3 rings (SSSR count). The van der Waals surface area contributed by atoms with Crippen LogP contribution in [0.2, 0.25) is 0 Å². The number of aromatic nitrogens is 1. The lowest BCUT2D eigenvalue weighted by molar-refractivity contribution is -0.0207. The Balaban J connectivity index is 1.68. The fraction of sp³-hybridized carbons (Fsp3) is 0.737. The maximum Gasteiger partial charge on any atom is 0.0575 e. The van der Waals surface area contributed by atoms with Crippen molar-refractivity contribution in [3.8, 4) is 0 Å². The maximum absolute atomic E-state index is 5.86. The molecule has 3 heteroatoms. The van der Waals surface area contributed by atoms with Crippen LogP contribution in [0.25, 0.3) is 0 Å². The predicted octanol–water partition coefficient (Wildman–Crippen LogP) is 4.20. The molecule has 1 aromatic rings. The molecule has 2 aliphatic rings. The molecule has 122 valence electrons. The van der Waals surface area contributed by atoms with Crippen LogP contribution in [0.4, 0.5) is 0 Å². The second kappa shape index (κ2) is 8.07. The number of ether oxygens (including phenoxy) is 1. The van der Waals surface area contributed by atoms with E-state index in [0.717, 1.165) is 18.9 Å². The smallest absolute Gasteiger partial charge is 0.0575 e. The zero-order valence-corrected chi connectivity index (χ0v) is 13.9. The Morgan fingerprint density at radius 1 is 1.18 bits per heavy atom. The van der Waals surface area contributed by atoms with Gasteiger partial charge >= 0.3 is 0 Å². The monoisotopic (exact) mass is 302 g/mol. The SMILES string of the molecule is CC[C@@H]1C[C@H](CN2CCCCC[C@@H]2c2ccncc2)CCO1. The molecule has 0 radical (unpaired) electrons. The van der Waals surface area contributed by atoms with Crippen molar-refractivity contribution < 1.29 is 4.74 Å². The van der Waals surface area contributed by atoms with Crippen LogP contribution >= 0.6 is 0 Å². The predicted molar refractivity (Wildman–Crippen MR) is 89.8 cm³/mol. The number of nitrogens with zero attached hydrogens (tertiary/aromatic N) is 2. The lowest BCUT2D eigenvalue weighted by Gasteiger charge is -2.36. The Bertz CT molecular complexity index is 436. The van der Waals surface area contributed by atoms with Crippen LogP contribution in [0.1, 0.15) is 63.5 Å². The first-order chi connectivity index (χ1) is 10.9. The van der Waals surface area contributed by atoms with E-state index >= 15 is 0 Å². The van der Waals surface area contributed by atoms with Crippen LogP contribution in [0, 0.1) is 5.92 Å². The molecular weight excluding hydrogens is 272 g/mol. The molecular formula is C19H30N2O. The molecule has 0 aliphatic carbocycles. The second-order valence-corrected chi connectivity index (χ2v) is 6.93. The van der Waals surface area contributed by atoms with Gasteiger partial charge in [-0.3, -0.25) is 9.88 Å². The maximum atomic E-state index is 5.86. The van der Waals surface area contributed by atoms with Crippen molar-refractivity contribution in [2.45, 2.75) is 64.0 Å². The van der Waals surface area contributed by atoms with Crippen molar-refractivity contribution in [3.63, 3.8) is 0 Å². The first-order valence-electron chi connectivity index (χ1n) is 9.12. The summed E-state index contributed by atoms with van der Waals surface area (Å²) in [6.07, 6.45) is 13.4. The molecule has 0 spiro atoms. The van der Waals surface area contributed by atoms with E-state index in [1.807, 2.05) is 12.4 Å². The minimum atomic E-state index is 0.491. The van der Waals surface area contributed by atoms with E-state index in [1.54, 1.807) is 0 Å². The van der Waals surface area contributed by atoms with E-state index in [-0.39, 0.29) is 0 Å². The topological polar surface area (TPSA) is 25.4 Å². The van der Waals surface area contributed by atoms with Crippen molar-refractivity contribution >= 4 is 0 Å². The van der Waals surface area contributed by atoms with Gasteiger partial charge in [-0.05, 0) is 62.3 Å². The van der Waals surface area contributed by atoms with E-state index in [2.05, 4.69) is 28.9 Å². The molecule has 0 amide bonds. The summed E-state index contributed by atoms with van der Waals surface area (Å²) in [4.78, 5) is 6.95. The van der Waals surface area contributed by atoms with E-state index < -0.39 is 0 Å². The number of rotatable bonds is 4. The van der Waals surface area contributed by atoms with Gasteiger partial charge < -0.3 is 4.74 Å². The molecule has 0 N–H and O–H groups in total. The minimum absolute atomic E-state index is 0.491. The number of hydrogen-bond acceptors (Lipinski definition) is 3. The largest absolute Gasteiger partial charge is 0.378 e. The van der Waals surface area contributed by atoms with Gasteiger partial charge in [-0.1, -0.05) is 19.8 Å². The van der Waals surface area contributed by atoms with E-state index in [9.17, 15) is 0 Å². The van der Waals surface area contributed by atoms with Crippen LogP contribution in [0.5, 0.6) is 0 Å². The van der Waals surface area contributed by atoms with Crippen molar-refractivity contribution in [2.24, 2.45) is 5.92 Å². The zero-order chi connectivity index (χ0) is 15.2. The summed E-state index contributed by atoms with van der Waals surface area (Å²) in [6, 6.07) is 5.01. The Morgan fingerprint density at radius 3 is 2.86 bits per heavy atom. The molecule has 22 heavy (non-hydrogen) atoms. The first-order valence-corrected chi connectivity index (χ1v) is 9.12. The second-order valence-electron chi connectivity index (χ2n) is 6.93. The molecule has 2 aliphatic heterocycles. The van der Waals surface area contributed by atoms with E-state index in [0.29, 0.717) is 12.1 Å². The van der Waals surface area contributed by atoms with Crippen LogP contribution in [-0.4, -0.2) is 35.7 Å². The van der Waals surface area contributed by atoms with Crippen molar-refractivity contribution in [3.05, 3.63) is 30.1 Å². The first kappa shape index (κ1) is 15.9. The molecule has 2 fully saturated rings. The highest BCUT2D eigenvalue weighted by atomic mass is 16.5. The van der Waals surface area contributed by atoms with Crippen LogP contribution in [-0.2, 0) is 4.74 Å². The Morgan fingerprint density at radius 2 is 2.05 bits per heavy atom.